The summed E-state index contributed by atoms with van der Waals surface area (Å²) in [7, 11) is 0. The largest absolute Gasteiger partial charge is 0.491 e. The van der Waals surface area contributed by atoms with Gasteiger partial charge in [0.2, 0.25) is 5.91 Å². The first-order chi connectivity index (χ1) is 9.16. The Labute approximate surface area is 113 Å². The van der Waals surface area contributed by atoms with Gasteiger partial charge in [0, 0.05) is 13.1 Å². The molecule has 1 heterocycles. The highest BCUT2D eigenvalue weighted by Crippen LogP contribution is 2.20. The van der Waals surface area contributed by atoms with Crippen molar-refractivity contribution in [2.24, 2.45) is 0 Å². The smallest absolute Gasteiger partial charge is 0.226 e. The lowest BCUT2D eigenvalue weighted by atomic mass is 10.1. The number of para-hydroxylation sites is 2. The second kappa shape index (κ2) is 6.27. The van der Waals surface area contributed by atoms with Crippen molar-refractivity contribution in [1.82, 2.24) is 4.90 Å². The van der Waals surface area contributed by atoms with Crippen molar-refractivity contribution >= 4 is 11.6 Å². The molecule has 102 valence electrons. The first-order valence-electron chi connectivity index (χ1n) is 6.57. The lowest BCUT2D eigenvalue weighted by molar-refractivity contribution is -0.131. The Morgan fingerprint density at radius 1 is 1.42 bits per heavy atom. The molecule has 1 aromatic rings. The molecule has 4 heteroatoms. The Hall–Kier alpha value is -1.97. The lowest BCUT2D eigenvalue weighted by Gasteiger charge is -2.26. The molecule has 0 saturated carbocycles. The zero-order valence-electron chi connectivity index (χ0n) is 11.3. The van der Waals surface area contributed by atoms with Gasteiger partial charge in [-0.15, -0.1) is 0 Å². The highest BCUT2D eigenvalue weighted by Gasteiger charge is 2.16. The second-order valence-electron chi connectivity index (χ2n) is 4.79. The molecule has 0 fully saturated rings. The van der Waals surface area contributed by atoms with Crippen LogP contribution in [0.2, 0.25) is 0 Å². The van der Waals surface area contributed by atoms with Crippen LogP contribution in [-0.2, 0) is 4.79 Å². The predicted octanol–water partition coefficient (Wildman–Crippen LogP) is 2.22. The molecule has 1 aromatic carbocycles. The highest BCUT2D eigenvalue weighted by molar-refractivity contribution is 5.76. The minimum absolute atomic E-state index is 0.141. The first-order valence-corrected chi connectivity index (χ1v) is 6.57. The number of carbonyl (C=O) groups excluding carboxylic acids is 1. The van der Waals surface area contributed by atoms with Crippen LogP contribution in [0.5, 0.6) is 5.75 Å². The summed E-state index contributed by atoms with van der Waals surface area (Å²) in [6.45, 7) is 3.98. The molecule has 0 unspecified atom stereocenters. The van der Waals surface area contributed by atoms with E-state index in [1.54, 1.807) is 6.07 Å². The van der Waals surface area contributed by atoms with Crippen LogP contribution in [0.3, 0.4) is 0 Å². The first kappa shape index (κ1) is 13.5. The van der Waals surface area contributed by atoms with Crippen molar-refractivity contribution in [1.29, 1.82) is 0 Å². The molecule has 4 nitrogen and oxygen atoms in total. The van der Waals surface area contributed by atoms with E-state index in [0.717, 1.165) is 19.5 Å². The zero-order valence-corrected chi connectivity index (χ0v) is 11.3. The molecular weight excluding hydrogens is 240 g/mol. The Kier molecular flexibility index (Phi) is 4.44. The maximum Gasteiger partial charge on any atom is 0.226 e. The Morgan fingerprint density at radius 2 is 2.21 bits per heavy atom. The fraction of sp³-hybridized carbons (Fsp3) is 0.400. The summed E-state index contributed by atoms with van der Waals surface area (Å²) in [5.74, 6) is 0.784. The summed E-state index contributed by atoms with van der Waals surface area (Å²) >= 11 is 0. The third kappa shape index (κ3) is 3.74. The number of nitrogen functional groups attached to an aromatic ring is 1. The van der Waals surface area contributed by atoms with Gasteiger partial charge in [-0.3, -0.25) is 4.79 Å². The van der Waals surface area contributed by atoms with Crippen LogP contribution in [0.15, 0.2) is 35.9 Å². The molecular formula is C15H20N2O2. The average molecular weight is 260 g/mol. The molecule has 19 heavy (non-hydrogen) atoms. The Morgan fingerprint density at radius 3 is 2.95 bits per heavy atom. The number of benzene rings is 1. The van der Waals surface area contributed by atoms with Crippen LogP contribution in [0.4, 0.5) is 5.69 Å². The lowest BCUT2D eigenvalue weighted by Crippen LogP contribution is -2.36. The van der Waals surface area contributed by atoms with Crippen molar-refractivity contribution in [3.63, 3.8) is 0 Å². The summed E-state index contributed by atoms with van der Waals surface area (Å²) < 4.78 is 5.54. The molecule has 0 bridgehead atoms. The number of hydrogen-bond acceptors (Lipinski definition) is 3. The number of nitrogens with zero attached hydrogens (tertiary/aromatic N) is 1. The molecule has 1 aliphatic heterocycles. The molecule has 2 rings (SSSR count). The van der Waals surface area contributed by atoms with Crippen LogP contribution in [0, 0.1) is 0 Å². The quantitative estimate of drug-likeness (QED) is 0.667. The van der Waals surface area contributed by atoms with Gasteiger partial charge >= 0.3 is 0 Å². The van der Waals surface area contributed by atoms with Gasteiger partial charge in [0.25, 0.3) is 0 Å². The molecule has 0 aromatic heterocycles. The minimum Gasteiger partial charge on any atom is -0.491 e. The van der Waals surface area contributed by atoms with E-state index in [4.69, 9.17) is 10.5 Å². The highest BCUT2D eigenvalue weighted by atomic mass is 16.5. The maximum absolute atomic E-state index is 12.0. The second-order valence-corrected chi connectivity index (χ2v) is 4.79. The molecule has 0 atom stereocenters. The molecule has 1 amide bonds. The molecule has 1 aliphatic rings. The van der Waals surface area contributed by atoms with Gasteiger partial charge in [-0.05, 0) is 25.5 Å². The van der Waals surface area contributed by atoms with Crippen LogP contribution >= 0.6 is 0 Å². The van der Waals surface area contributed by atoms with Gasteiger partial charge in [0.1, 0.15) is 5.75 Å². The third-order valence-corrected chi connectivity index (χ3v) is 3.18. The summed E-state index contributed by atoms with van der Waals surface area (Å²) in [6, 6.07) is 7.33. The van der Waals surface area contributed by atoms with Gasteiger partial charge in [0.15, 0.2) is 0 Å². The summed E-state index contributed by atoms with van der Waals surface area (Å²) in [4.78, 5) is 13.9. The van der Waals surface area contributed by atoms with E-state index in [0.29, 0.717) is 24.5 Å². The van der Waals surface area contributed by atoms with Crippen molar-refractivity contribution in [2.75, 3.05) is 25.4 Å². The van der Waals surface area contributed by atoms with Gasteiger partial charge in [-0.1, -0.05) is 23.8 Å². The summed E-state index contributed by atoms with van der Waals surface area (Å²) in [6.07, 6.45) is 3.52. The van der Waals surface area contributed by atoms with Crippen LogP contribution in [0.25, 0.3) is 0 Å². The van der Waals surface area contributed by atoms with E-state index in [-0.39, 0.29) is 5.91 Å². The van der Waals surface area contributed by atoms with E-state index in [1.807, 2.05) is 23.1 Å². The van der Waals surface area contributed by atoms with Gasteiger partial charge in [-0.25, -0.2) is 0 Å². The van der Waals surface area contributed by atoms with Gasteiger partial charge in [0.05, 0.1) is 18.7 Å². The standard InChI is InChI=1S/C15H20N2O2/c1-12-5-4-9-17(11-12)15(18)8-10-19-14-7-3-2-6-13(14)16/h2-3,5-7H,4,8-11,16H2,1H3. The van der Waals surface area contributed by atoms with E-state index in [9.17, 15) is 4.79 Å². The maximum atomic E-state index is 12.0. The van der Waals surface area contributed by atoms with Gasteiger partial charge in [-0.2, -0.15) is 0 Å². The molecule has 0 spiro atoms. The van der Waals surface area contributed by atoms with E-state index < -0.39 is 0 Å². The fourth-order valence-electron chi connectivity index (χ4n) is 2.14. The molecule has 0 radical (unpaired) electrons. The van der Waals surface area contributed by atoms with E-state index in [1.165, 1.54) is 5.57 Å². The fourth-order valence-corrected chi connectivity index (χ4v) is 2.14. The number of nitrogens with two attached hydrogens (primary N) is 1. The number of ether oxygens (including phenoxy) is 1. The van der Waals surface area contributed by atoms with Crippen molar-refractivity contribution in [3.05, 3.63) is 35.9 Å². The normalized spacial score (nSPS) is 15.0. The number of anilines is 1. The summed E-state index contributed by atoms with van der Waals surface area (Å²) in [5.41, 5.74) is 7.63. The zero-order chi connectivity index (χ0) is 13.7. The Balaban J connectivity index is 1.78. The van der Waals surface area contributed by atoms with Gasteiger partial charge < -0.3 is 15.4 Å². The van der Waals surface area contributed by atoms with Crippen molar-refractivity contribution in [2.45, 2.75) is 19.8 Å². The van der Waals surface area contributed by atoms with Crippen molar-refractivity contribution < 1.29 is 9.53 Å². The number of amides is 1. The number of rotatable bonds is 4. The molecule has 0 aliphatic carbocycles. The molecule has 0 saturated heterocycles. The van der Waals surface area contributed by atoms with E-state index >= 15 is 0 Å². The van der Waals surface area contributed by atoms with E-state index in [2.05, 4.69) is 13.0 Å². The molecule has 2 N–H and O–H groups in total. The van der Waals surface area contributed by atoms with Crippen molar-refractivity contribution in [3.8, 4) is 5.75 Å². The average Bonchev–Trinajstić information content (AvgIpc) is 2.41. The Bertz CT molecular complexity index is 483. The SMILES string of the molecule is CC1=CCCN(C(=O)CCOc2ccccc2N)C1. The topological polar surface area (TPSA) is 55.6 Å². The minimum atomic E-state index is 0.141. The summed E-state index contributed by atoms with van der Waals surface area (Å²) in [5, 5.41) is 0. The van der Waals surface area contributed by atoms with Crippen LogP contribution in [-0.4, -0.2) is 30.5 Å². The monoisotopic (exact) mass is 260 g/mol. The van der Waals surface area contributed by atoms with Crippen LogP contribution < -0.4 is 10.5 Å². The third-order valence-electron chi connectivity index (χ3n) is 3.18. The van der Waals surface area contributed by atoms with Crippen LogP contribution in [0.1, 0.15) is 19.8 Å². The predicted molar refractivity (Wildman–Crippen MR) is 75.9 cm³/mol. The number of carbonyl (C=O) groups is 1. The number of hydrogen-bond donors (Lipinski definition) is 1.